The van der Waals surface area contributed by atoms with E-state index in [1.165, 1.54) is 18.4 Å². The highest BCUT2D eigenvalue weighted by molar-refractivity contribution is 6.30. The Morgan fingerprint density at radius 3 is 2.50 bits per heavy atom. The number of nitrogens with zero attached hydrogens (tertiary/aromatic N) is 1. The Hall–Kier alpha value is -0.860. The first-order chi connectivity index (χ1) is 6.77. The van der Waals surface area contributed by atoms with E-state index in [4.69, 9.17) is 11.6 Å². The summed E-state index contributed by atoms with van der Waals surface area (Å²) in [4.78, 5) is 3.82. The molecule has 2 nitrogen and oxygen atoms in total. The first kappa shape index (κ1) is 9.69. The summed E-state index contributed by atoms with van der Waals surface area (Å²) in [6.07, 6.45) is 2.34. The predicted molar refractivity (Wildman–Crippen MR) is 59.9 cm³/mol. The number of halogens is 1. The molecule has 1 aliphatic rings. The molecule has 1 fully saturated rings. The van der Waals surface area contributed by atoms with Crippen molar-refractivity contribution in [1.29, 1.82) is 0 Å². The van der Waals surface area contributed by atoms with Crippen molar-refractivity contribution in [2.45, 2.75) is 18.4 Å². The van der Waals surface area contributed by atoms with Crippen molar-refractivity contribution in [1.82, 2.24) is 5.32 Å². The summed E-state index contributed by atoms with van der Waals surface area (Å²) >= 11 is 5.84. The maximum atomic E-state index is 5.84. The highest BCUT2D eigenvalue weighted by atomic mass is 35.5. The molecule has 14 heavy (non-hydrogen) atoms. The molecule has 2 rings (SSSR count). The van der Waals surface area contributed by atoms with Crippen molar-refractivity contribution in [2.75, 3.05) is 6.67 Å². The van der Waals surface area contributed by atoms with Crippen molar-refractivity contribution in [3.8, 4) is 0 Å². The summed E-state index contributed by atoms with van der Waals surface area (Å²) in [6, 6.07) is 8.01. The van der Waals surface area contributed by atoms with E-state index in [1.54, 1.807) is 0 Å². The number of rotatable bonds is 4. The Morgan fingerprint density at radius 2 is 2.00 bits per heavy atom. The van der Waals surface area contributed by atoms with Crippen LogP contribution in [-0.2, 0) is 5.54 Å². The van der Waals surface area contributed by atoms with Crippen LogP contribution < -0.4 is 5.32 Å². The van der Waals surface area contributed by atoms with Crippen LogP contribution in [0.3, 0.4) is 0 Å². The third-order valence-corrected chi connectivity index (χ3v) is 2.93. The molecule has 0 bridgehead atoms. The highest BCUT2D eigenvalue weighted by Gasteiger charge is 2.43. The maximum absolute atomic E-state index is 5.84. The molecular weight excluding hydrogens is 196 g/mol. The van der Waals surface area contributed by atoms with Crippen molar-refractivity contribution < 1.29 is 0 Å². The van der Waals surface area contributed by atoms with E-state index in [9.17, 15) is 0 Å². The third kappa shape index (κ3) is 1.81. The number of aliphatic imine (C=N–C) groups is 1. The number of hydrogen-bond acceptors (Lipinski definition) is 2. The van der Waals surface area contributed by atoms with Gasteiger partial charge in [-0.2, -0.15) is 0 Å². The van der Waals surface area contributed by atoms with E-state index in [-0.39, 0.29) is 5.54 Å². The smallest absolute Gasteiger partial charge is 0.0884 e. The van der Waals surface area contributed by atoms with Gasteiger partial charge < -0.3 is 0 Å². The average molecular weight is 209 g/mol. The van der Waals surface area contributed by atoms with E-state index in [2.05, 4.69) is 29.2 Å². The summed E-state index contributed by atoms with van der Waals surface area (Å²) in [5.41, 5.74) is 1.44. The largest absolute Gasteiger partial charge is 0.289 e. The molecule has 3 heteroatoms. The van der Waals surface area contributed by atoms with Crippen LogP contribution in [0, 0.1) is 0 Å². The lowest BCUT2D eigenvalue weighted by atomic mass is 10.1. The SMILES string of the molecule is C=NCNC1(c2ccc(Cl)cc2)CC1. The topological polar surface area (TPSA) is 24.4 Å². The van der Waals surface area contributed by atoms with Gasteiger partial charge in [-0.3, -0.25) is 10.3 Å². The Balaban J connectivity index is 2.13. The van der Waals surface area contributed by atoms with Gasteiger partial charge in [-0.05, 0) is 37.3 Å². The van der Waals surface area contributed by atoms with E-state index < -0.39 is 0 Å². The zero-order valence-electron chi connectivity index (χ0n) is 7.96. The Bertz CT molecular complexity index is 328. The molecule has 1 aliphatic carbocycles. The fourth-order valence-electron chi connectivity index (χ4n) is 1.67. The van der Waals surface area contributed by atoms with Crippen LogP contribution in [0.15, 0.2) is 29.3 Å². The molecule has 0 heterocycles. The molecule has 0 aliphatic heterocycles. The van der Waals surface area contributed by atoms with Gasteiger partial charge in [0, 0.05) is 10.6 Å². The van der Waals surface area contributed by atoms with E-state index in [1.807, 2.05) is 12.1 Å². The quantitative estimate of drug-likeness (QED) is 0.756. The summed E-state index contributed by atoms with van der Waals surface area (Å²) in [5, 5.41) is 4.17. The van der Waals surface area contributed by atoms with Crippen LogP contribution >= 0.6 is 11.6 Å². The van der Waals surface area contributed by atoms with E-state index >= 15 is 0 Å². The van der Waals surface area contributed by atoms with Crippen LogP contribution in [0.1, 0.15) is 18.4 Å². The second kappa shape index (κ2) is 3.71. The van der Waals surface area contributed by atoms with Gasteiger partial charge in [0.25, 0.3) is 0 Å². The lowest BCUT2D eigenvalue weighted by molar-refractivity contribution is 0.533. The average Bonchev–Trinajstić information content (AvgIpc) is 2.97. The van der Waals surface area contributed by atoms with Crippen LogP contribution in [0.2, 0.25) is 5.02 Å². The first-order valence-electron chi connectivity index (χ1n) is 4.70. The number of hydrogen-bond donors (Lipinski definition) is 1. The predicted octanol–water partition coefficient (Wildman–Crippen LogP) is 2.58. The van der Waals surface area contributed by atoms with Gasteiger partial charge in [0.15, 0.2) is 0 Å². The Kier molecular flexibility index (Phi) is 2.57. The van der Waals surface area contributed by atoms with Crippen molar-refractivity contribution in [3.05, 3.63) is 34.9 Å². The summed E-state index contributed by atoms with van der Waals surface area (Å²) in [5.74, 6) is 0. The van der Waals surface area contributed by atoms with Crippen molar-refractivity contribution in [3.63, 3.8) is 0 Å². The fourth-order valence-corrected chi connectivity index (χ4v) is 1.79. The normalized spacial score (nSPS) is 17.8. The molecule has 0 atom stereocenters. The summed E-state index contributed by atoms with van der Waals surface area (Å²) in [6.45, 7) is 4.08. The molecule has 1 saturated carbocycles. The lowest BCUT2D eigenvalue weighted by Crippen LogP contribution is -2.28. The molecule has 1 aromatic rings. The van der Waals surface area contributed by atoms with Crippen LogP contribution in [0.5, 0.6) is 0 Å². The second-order valence-corrected chi connectivity index (χ2v) is 4.08. The van der Waals surface area contributed by atoms with Gasteiger partial charge in [-0.15, -0.1) is 0 Å². The Morgan fingerprint density at radius 1 is 1.36 bits per heavy atom. The Labute approximate surface area is 89.0 Å². The lowest BCUT2D eigenvalue weighted by Gasteiger charge is -2.16. The zero-order chi connectivity index (χ0) is 10.0. The van der Waals surface area contributed by atoms with E-state index in [0.717, 1.165) is 5.02 Å². The van der Waals surface area contributed by atoms with Gasteiger partial charge >= 0.3 is 0 Å². The van der Waals surface area contributed by atoms with Crippen molar-refractivity contribution in [2.24, 2.45) is 4.99 Å². The van der Waals surface area contributed by atoms with Crippen LogP contribution in [0.25, 0.3) is 0 Å². The van der Waals surface area contributed by atoms with Gasteiger partial charge in [-0.25, -0.2) is 0 Å². The summed E-state index contributed by atoms with van der Waals surface area (Å²) in [7, 11) is 0. The second-order valence-electron chi connectivity index (χ2n) is 3.65. The molecule has 0 spiro atoms. The minimum absolute atomic E-state index is 0.145. The minimum atomic E-state index is 0.145. The van der Waals surface area contributed by atoms with Crippen LogP contribution in [0.4, 0.5) is 0 Å². The van der Waals surface area contributed by atoms with E-state index in [0.29, 0.717) is 6.67 Å². The van der Waals surface area contributed by atoms with Crippen molar-refractivity contribution >= 4 is 18.3 Å². The number of benzene rings is 1. The zero-order valence-corrected chi connectivity index (χ0v) is 8.72. The molecule has 1 N–H and O–H groups in total. The maximum Gasteiger partial charge on any atom is 0.0884 e. The monoisotopic (exact) mass is 208 g/mol. The molecule has 0 aromatic heterocycles. The molecule has 0 amide bonds. The van der Waals surface area contributed by atoms with Gasteiger partial charge in [0.1, 0.15) is 0 Å². The minimum Gasteiger partial charge on any atom is -0.289 e. The third-order valence-electron chi connectivity index (χ3n) is 2.68. The molecular formula is C11H13ClN2. The molecule has 0 radical (unpaired) electrons. The summed E-state index contributed by atoms with van der Waals surface area (Å²) < 4.78 is 0. The molecule has 0 unspecified atom stereocenters. The standard InChI is InChI=1S/C11H13ClN2/c1-13-8-14-11(6-7-11)9-2-4-10(12)5-3-9/h2-5,14H,1,6-8H2. The first-order valence-corrected chi connectivity index (χ1v) is 5.08. The highest BCUT2D eigenvalue weighted by Crippen LogP contribution is 2.45. The van der Waals surface area contributed by atoms with Gasteiger partial charge in [0.2, 0.25) is 0 Å². The molecule has 0 saturated heterocycles. The van der Waals surface area contributed by atoms with Crippen LogP contribution in [-0.4, -0.2) is 13.4 Å². The number of nitrogens with one attached hydrogen (secondary N) is 1. The fraction of sp³-hybridized carbons (Fsp3) is 0.364. The molecule has 1 aromatic carbocycles. The molecule has 74 valence electrons. The van der Waals surface area contributed by atoms with Gasteiger partial charge in [0.05, 0.1) is 6.67 Å². The van der Waals surface area contributed by atoms with Gasteiger partial charge in [-0.1, -0.05) is 23.7 Å².